The molecule has 118 valence electrons. The second-order valence-electron chi connectivity index (χ2n) is 5.45. The average Bonchev–Trinajstić information content (AvgIpc) is 3.06. The lowest BCUT2D eigenvalue weighted by atomic mass is 10.0. The molecule has 0 aliphatic heterocycles. The van der Waals surface area contributed by atoms with E-state index in [0.717, 1.165) is 12.8 Å². The molecule has 2 amide bonds. The second kappa shape index (κ2) is 7.66. The van der Waals surface area contributed by atoms with Crippen LogP contribution in [-0.4, -0.2) is 24.2 Å². The summed E-state index contributed by atoms with van der Waals surface area (Å²) in [5.74, 6) is 0.428. The first-order chi connectivity index (χ1) is 10.6. The van der Waals surface area contributed by atoms with Crippen LogP contribution in [0.1, 0.15) is 24.7 Å². The van der Waals surface area contributed by atoms with E-state index in [4.69, 9.17) is 4.42 Å². The van der Waals surface area contributed by atoms with Gasteiger partial charge in [-0.3, -0.25) is 0 Å². The Hall–Kier alpha value is -2.27. The van der Waals surface area contributed by atoms with Gasteiger partial charge < -0.3 is 20.2 Å². The van der Waals surface area contributed by atoms with Crippen molar-refractivity contribution in [1.82, 2.24) is 10.6 Å². The van der Waals surface area contributed by atoms with Crippen molar-refractivity contribution >= 4 is 6.03 Å². The molecule has 22 heavy (non-hydrogen) atoms. The number of aliphatic hydroxyl groups is 1. The lowest BCUT2D eigenvalue weighted by Gasteiger charge is -2.21. The number of carbonyl (C=O) groups excluding carboxylic acids is 1. The Labute approximate surface area is 130 Å². The highest BCUT2D eigenvalue weighted by atomic mass is 16.4. The number of nitrogens with one attached hydrogen (secondary N) is 2. The van der Waals surface area contributed by atoms with E-state index in [1.54, 1.807) is 19.1 Å². The minimum atomic E-state index is -1.22. The highest BCUT2D eigenvalue weighted by Gasteiger charge is 2.26. The molecular weight excluding hydrogens is 280 g/mol. The first-order valence-electron chi connectivity index (χ1n) is 7.40. The molecule has 1 aromatic heterocycles. The summed E-state index contributed by atoms with van der Waals surface area (Å²) in [4.78, 5) is 11.7. The topological polar surface area (TPSA) is 74.5 Å². The molecule has 3 N–H and O–H groups in total. The van der Waals surface area contributed by atoms with E-state index in [1.807, 2.05) is 18.2 Å². The minimum absolute atomic E-state index is 0.0883. The van der Waals surface area contributed by atoms with Crippen molar-refractivity contribution in [3.8, 4) is 0 Å². The van der Waals surface area contributed by atoms with Gasteiger partial charge in [0.25, 0.3) is 0 Å². The molecule has 0 saturated carbocycles. The minimum Gasteiger partial charge on any atom is -0.466 e. The van der Waals surface area contributed by atoms with Crippen LogP contribution in [0.15, 0.2) is 53.1 Å². The van der Waals surface area contributed by atoms with E-state index >= 15 is 0 Å². The van der Waals surface area contributed by atoms with Gasteiger partial charge in [-0.25, -0.2) is 4.79 Å². The molecule has 2 aromatic rings. The molecule has 1 heterocycles. The molecule has 0 unspecified atom stereocenters. The van der Waals surface area contributed by atoms with Crippen molar-refractivity contribution < 1.29 is 14.3 Å². The normalized spacial score (nSPS) is 13.4. The van der Waals surface area contributed by atoms with Gasteiger partial charge >= 0.3 is 6.03 Å². The zero-order valence-electron chi connectivity index (χ0n) is 12.7. The van der Waals surface area contributed by atoms with Crippen molar-refractivity contribution in [2.24, 2.45) is 0 Å². The molecule has 0 spiro atoms. The molecule has 0 saturated heterocycles. The van der Waals surface area contributed by atoms with Crippen molar-refractivity contribution in [1.29, 1.82) is 0 Å². The number of amides is 2. The Balaban J connectivity index is 1.64. The Bertz CT molecular complexity index is 565. The van der Waals surface area contributed by atoms with Crippen LogP contribution in [0.4, 0.5) is 4.79 Å². The zero-order chi connectivity index (χ0) is 15.8. The maximum Gasteiger partial charge on any atom is 0.314 e. The van der Waals surface area contributed by atoms with Gasteiger partial charge in [0.15, 0.2) is 0 Å². The SMILES string of the molecule is C[C@@](O)(CNC(=O)NCCCc1ccccc1)c1ccco1. The van der Waals surface area contributed by atoms with Crippen LogP contribution < -0.4 is 10.6 Å². The van der Waals surface area contributed by atoms with Crippen LogP contribution in [0, 0.1) is 0 Å². The predicted molar refractivity (Wildman–Crippen MR) is 84.4 cm³/mol. The number of benzene rings is 1. The Morgan fingerprint density at radius 2 is 1.95 bits per heavy atom. The highest BCUT2D eigenvalue weighted by Crippen LogP contribution is 2.19. The molecule has 1 aromatic carbocycles. The largest absolute Gasteiger partial charge is 0.466 e. The fourth-order valence-electron chi connectivity index (χ4n) is 2.13. The molecule has 0 radical (unpaired) electrons. The third-order valence-electron chi connectivity index (χ3n) is 3.42. The van der Waals surface area contributed by atoms with Gasteiger partial charge in [-0.15, -0.1) is 0 Å². The molecule has 0 bridgehead atoms. The summed E-state index contributed by atoms with van der Waals surface area (Å²) < 4.78 is 5.16. The molecule has 1 atom stereocenters. The van der Waals surface area contributed by atoms with Crippen LogP contribution in [0.5, 0.6) is 0 Å². The van der Waals surface area contributed by atoms with Gasteiger partial charge in [0.2, 0.25) is 0 Å². The zero-order valence-corrected chi connectivity index (χ0v) is 12.7. The van der Waals surface area contributed by atoms with Gasteiger partial charge in [0.05, 0.1) is 12.8 Å². The third-order valence-corrected chi connectivity index (χ3v) is 3.42. The van der Waals surface area contributed by atoms with Crippen LogP contribution >= 0.6 is 0 Å². The fraction of sp³-hybridized carbons (Fsp3) is 0.353. The number of carbonyl (C=O) groups is 1. The van der Waals surface area contributed by atoms with Crippen LogP contribution in [0.2, 0.25) is 0 Å². The maximum atomic E-state index is 11.7. The number of hydrogen-bond acceptors (Lipinski definition) is 3. The monoisotopic (exact) mass is 302 g/mol. The molecule has 0 fully saturated rings. The summed E-state index contributed by atoms with van der Waals surface area (Å²) in [6.45, 7) is 2.27. The van der Waals surface area contributed by atoms with Crippen molar-refractivity contribution in [3.63, 3.8) is 0 Å². The van der Waals surface area contributed by atoms with Crippen LogP contribution in [-0.2, 0) is 12.0 Å². The summed E-state index contributed by atoms with van der Waals surface area (Å²) in [5.41, 5.74) is 0.0377. The van der Waals surface area contributed by atoms with Crippen LogP contribution in [0.3, 0.4) is 0 Å². The van der Waals surface area contributed by atoms with Crippen LogP contribution in [0.25, 0.3) is 0 Å². The molecule has 0 aliphatic rings. The van der Waals surface area contributed by atoms with Gasteiger partial charge in [0, 0.05) is 6.54 Å². The lowest BCUT2D eigenvalue weighted by molar-refractivity contribution is 0.0367. The number of rotatable bonds is 7. The quantitative estimate of drug-likeness (QED) is 0.688. The number of furan rings is 1. The molecule has 5 nitrogen and oxygen atoms in total. The van der Waals surface area contributed by atoms with E-state index < -0.39 is 5.60 Å². The van der Waals surface area contributed by atoms with Gasteiger partial charge in [-0.2, -0.15) is 0 Å². The van der Waals surface area contributed by atoms with E-state index in [0.29, 0.717) is 12.3 Å². The van der Waals surface area contributed by atoms with Crippen molar-refractivity contribution in [2.75, 3.05) is 13.1 Å². The molecule has 2 rings (SSSR count). The Kier molecular flexibility index (Phi) is 5.61. The number of urea groups is 1. The van der Waals surface area contributed by atoms with Gasteiger partial charge in [0.1, 0.15) is 11.4 Å². The van der Waals surface area contributed by atoms with Gasteiger partial charge in [-0.1, -0.05) is 30.3 Å². The van der Waals surface area contributed by atoms with E-state index in [9.17, 15) is 9.90 Å². The fourth-order valence-corrected chi connectivity index (χ4v) is 2.13. The summed E-state index contributed by atoms with van der Waals surface area (Å²) in [5, 5.41) is 15.6. The summed E-state index contributed by atoms with van der Waals surface area (Å²) in [7, 11) is 0. The first kappa shape index (κ1) is 16.1. The molecule has 5 heteroatoms. The summed E-state index contributed by atoms with van der Waals surface area (Å²) >= 11 is 0. The average molecular weight is 302 g/mol. The van der Waals surface area contributed by atoms with Crippen molar-refractivity contribution in [2.45, 2.75) is 25.4 Å². The van der Waals surface area contributed by atoms with E-state index in [-0.39, 0.29) is 12.6 Å². The second-order valence-corrected chi connectivity index (χ2v) is 5.45. The Morgan fingerprint density at radius 3 is 2.64 bits per heavy atom. The number of hydrogen-bond donors (Lipinski definition) is 3. The molecule has 0 aliphatic carbocycles. The first-order valence-corrected chi connectivity index (χ1v) is 7.40. The van der Waals surface area contributed by atoms with E-state index in [1.165, 1.54) is 11.8 Å². The lowest BCUT2D eigenvalue weighted by Crippen LogP contribution is -2.43. The molecular formula is C17H22N2O3. The predicted octanol–water partition coefficient (Wildman–Crippen LogP) is 2.42. The number of aryl methyl sites for hydroxylation is 1. The Morgan fingerprint density at radius 1 is 1.18 bits per heavy atom. The van der Waals surface area contributed by atoms with Gasteiger partial charge in [-0.05, 0) is 37.5 Å². The van der Waals surface area contributed by atoms with Crippen molar-refractivity contribution in [3.05, 3.63) is 60.1 Å². The third kappa shape index (κ3) is 4.93. The standard InChI is InChI=1S/C17H22N2O3/c1-17(21,15-10-6-12-22-15)13-19-16(20)18-11-5-9-14-7-3-2-4-8-14/h2-4,6-8,10,12,21H,5,9,11,13H2,1H3,(H2,18,19,20)/t17-/m1/s1. The highest BCUT2D eigenvalue weighted by molar-refractivity contribution is 5.73. The maximum absolute atomic E-state index is 11.7. The smallest absolute Gasteiger partial charge is 0.314 e. The van der Waals surface area contributed by atoms with E-state index in [2.05, 4.69) is 22.8 Å². The summed E-state index contributed by atoms with van der Waals surface area (Å²) in [6, 6.07) is 13.2. The summed E-state index contributed by atoms with van der Waals surface area (Å²) in [6.07, 6.45) is 3.28.